The number of ether oxygens (including phenoxy) is 1. The maximum atomic E-state index is 8.49. The highest BCUT2D eigenvalue weighted by atomic mass is 35.7. The summed E-state index contributed by atoms with van der Waals surface area (Å²) < 4.78 is 42.6. The van der Waals surface area contributed by atoms with Gasteiger partial charge in [-0.15, -0.1) is 10.2 Å². The third kappa shape index (κ3) is 6.50. The molecule has 3 aromatic rings. The Balaban J connectivity index is 0.000000588. The summed E-state index contributed by atoms with van der Waals surface area (Å²) in [5.74, 6) is 1.87. The van der Waals surface area contributed by atoms with Gasteiger partial charge in [0, 0.05) is 35.1 Å². The molecule has 0 amide bonds. The van der Waals surface area contributed by atoms with Crippen molar-refractivity contribution < 1.29 is 38.2 Å². The molecule has 2 heterocycles. The standard InChI is InChI=1S/C26H30NOS.ClHO4/c1-17-14-23(25(2,3)4)27(24(15-17)26(5,6)7)18-12-13-20-22(16-18)29-21-11-9-8-10-19(21)28-20;2-1(3,4)5/h8-16H,1-7H3;(H,2,3,4,5)/q+1;/p-1. The number of pyridine rings is 1. The second-order valence-electron chi connectivity index (χ2n) is 10.3. The largest absolute Gasteiger partial charge is 0.455 e. The summed E-state index contributed by atoms with van der Waals surface area (Å²) in [6.07, 6.45) is 0. The Bertz CT molecular complexity index is 1150. The lowest BCUT2D eigenvalue weighted by Crippen LogP contribution is -2.68. The molecule has 6 nitrogen and oxygen atoms in total. The summed E-state index contributed by atoms with van der Waals surface area (Å²) in [6.45, 7) is 15.9. The SMILES string of the molecule is Cc1cc(C(C)(C)C)[n+](-c2ccc3c(c2)Sc2ccccc2O3)c(C(C)(C)C)c1.[O-][Cl+3]([O-])([O-])[O-]. The number of hydrogen-bond donors (Lipinski definition) is 0. The monoisotopic (exact) mass is 503 g/mol. The Morgan fingerprint density at radius 1 is 0.735 bits per heavy atom. The van der Waals surface area contributed by atoms with E-state index in [0.29, 0.717) is 0 Å². The molecule has 1 aliphatic heterocycles. The van der Waals surface area contributed by atoms with E-state index in [9.17, 15) is 0 Å². The zero-order valence-corrected chi connectivity index (χ0v) is 22.0. The molecule has 0 radical (unpaired) electrons. The number of para-hydroxylation sites is 1. The summed E-state index contributed by atoms with van der Waals surface area (Å²) >= 11 is 1.78. The Kier molecular flexibility index (Phi) is 7.39. The minimum absolute atomic E-state index is 0.0260. The van der Waals surface area contributed by atoms with Gasteiger partial charge in [-0.3, -0.25) is 0 Å². The molecule has 0 N–H and O–H groups in total. The van der Waals surface area contributed by atoms with Gasteiger partial charge < -0.3 is 4.74 Å². The molecule has 2 aromatic carbocycles. The maximum absolute atomic E-state index is 8.49. The number of aromatic nitrogens is 1. The van der Waals surface area contributed by atoms with E-state index in [1.54, 1.807) is 11.8 Å². The molecule has 4 rings (SSSR count). The van der Waals surface area contributed by atoms with Crippen molar-refractivity contribution in [2.24, 2.45) is 0 Å². The van der Waals surface area contributed by atoms with E-state index in [4.69, 9.17) is 23.4 Å². The lowest BCUT2D eigenvalue weighted by atomic mass is 9.85. The van der Waals surface area contributed by atoms with Gasteiger partial charge in [-0.25, -0.2) is 18.6 Å². The molecule has 34 heavy (non-hydrogen) atoms. The zero-order valence-electron chi connectivity index (χ0n) is 20.5. The van der Waals surface area contributed by atoms with Crippen LogP contribution in [0.1, 0.15) is 58.5 Å². The van der Waals surface area contributed by atoms with Crippen molar-refractivity contribution in [1.29, 1.82) is 0 Å². The smallest absolute Gasteiger partial charge is 0.212 e. The average Bonchev–Trinajstić information content (AvgIpc) is 2.68. The molecule has 182 valence electrons. The van der Waals surface area contributed by atoms with Crippen LogP contribution >= 0.6 is 11.8 Å². The van der Waals surface area contributed by atoms with E-state index < -0.39 is 10.2 Å². The van der Waals surface area contributed by atoms with E-state index in [0.717, 1.165) is 21.3 Å². The second kappa shape index (κ2) is 9.49. The highest BCUT2D eigenvalue weighted by molar-refractivity contribution is 7.99. The van der Waals surface area contributed by atoms with Crippen LogP contribution in [0.4, 0.5) is 0 Å². The van der Waals surface area contributed by atoms with Crippen LogP contribution in [0.5, 0.6) is 11.5 Å². The van der Waals surface area contributed by atoms with Gasteiger partial charge in [-0.2, -0.15) is 4.57 Å². The predicted molar refractivity (Wildman–Crippen MR) is 121 cm³/mol. The molecule has 0 saturated carbocycles. The summed E-state index contributed by atoms with van der Waals surface area (Å²) in [7, 11) is -4.94. The van der Waals surface area contributed by atoms with Crippen molar-refractivity contribution in [2.75, 3.05) is 0 Å². The van der Waals surface area contributed by atoms with E-state index in [1.807, 2.05) is 12.1 Å². The van der Waals surface area contributed by atoms with Crippen molar-refractivity contribution >= 4 is 11.8 Å². The van der Waals surface area contributed by atoms with Crippen molar-refractivity contribution in [3.8, 4) is 17.2 Å². The highest BCUT2D eigenvalue weighted by Gasteiger charge is 2.35. The Labute approximate surface area is 207 Å². The molecule has 1 aromatic heterocycles. The quantitative estimate of drug-likeness (QED) is 0.369. The van der Waals surface area contributed by atoms with Gasteiger partial charge in [-0.05, 0) is 30.7 Å². The number of benzene rings is 2. The molecule has 0 aliphatic carbocycles. The molecule has 0 atom stereocenters. The van der Waals surface area contributed by atoms with Crippen molar-refractivity contribution in [2.45, 2.75) is 69.1 Å². The summed E-state index contributed by atoms with van der Waals surface area (Å²) in [4.78, 5) is 2.33. The van der Waals surface area contributed by atoms with Crippen LogP contribution in [0.15, 0.2) is 64.4 Å². The first-order valence-corrected chi connectivity index (χ1v) is 12.9. The normalized spacial score (nSPS) is 13.3. The summed E-state index contributed by atoms with van der Waals surface area (Å²) in [6, 6.07) is 19.5. The van der Waals surface area contributed by atoms with Gasteiger partial charge in [0.2, 0.25) is 5.69 Å². The van der Waals surface area contributed by atoms with Gasteiger partial charge >= 0.3 is 0 Å². The first kappa shape index (κ1) is 26.5. The van der Waals surface area contributed by atoms with Crippen molar-refractivity contribution in [3.05, 3.63) is 71.5 Å². The van der Waals surface area contributed by atoms with Gasteiger partial charge in [-0.1, -0.05) is 65.4 Å². The van der Waals surface area contributed by atoms with Gasteiger partial charge in [0.25, 0.3) is 0 Å². The van der Waals surface area contributed by atoms with Crippen molar-refractivity contribution in [3.63, 3.8) is 0 Å². The van der Waals surface area contributed by atoms with Gasteiger partial charge in [0.1, 0.15) is 11.5 Å². The highest BCUT2D eigenvalue weighted by Crippen LogP contribution is 2.47. The third-order valence-electron chi connectivity index (χ3n) is 5.22. The van der Waals surface area contributed by atoms with Crippen LogP contribution in [0.2, 0.25) is 0 Å². The van der Waals surface area contributed by atoms with Crippen LogP contribution in [0.3, 0.4) is 0 Å². The lowest BCUT2D eigenvalue weighted by molar-refractivity contribution is -2.00. The third-order valence-corrected chi connectivity index (χ3v) is 6.32. The molecule has 0 saturated heterocycles. The van der Waals surface area contributed by atoms with E-state index in [1.165, 1.54) is 22.6 Å². The number of hydrogen-bond acceptors (Lipinski definition) is 6. The average molecular weight is 504 g/mol. The number of halogens is 1. The van der Waals surface area contributed by atoms with Crippen LogP contribution in [0, 0.1) is 17.2 Å². The summed E-state index contributed by atoms with van der Waals surface area (Å²) in [5.41, 5.74) is 5.19. The number of rotatable bonds is 1. The van der Waals surface area contributed by atoms with Crippen molar-refractivity contribution in [1.82, 2.24) is 0 Å². The van der Waals surface area contributed by atoms with Crippen LogP contribution < -0.4 is 27.9 Å². The molecule has 0 spiro atoms. The van der Waals surface area contributed by atoms with Gasteiger partial charge in [0.15, 0.2) is 11.4 Å². The molecule has 0 fully saturated rings. The number of nitrogens with zero attached hydrogens (tertiary/aromatic N) is 1. The zero-order chi connectivity index (χ0) is 25.5. The second-order valence-corrected chi connectivity index (χ2v) is 12.1. The van der Waals surface area contributed by atoms with Crippen LogP contribution in [0.25, 0.3) is 5.69 Å². The van der Waals surface area contributed by atoms with Crippen LogP contribution in [-0.2, 0) is 10.8 Å². The van der Waals surface area contributed by atoms with E-state index in [-0.39, 0.29) is 10.8 Å². The minimum atomic E-state index is -4.94. The predicted octanol–water partition coefficient (Wildman–Crippen LogP) is 2.37. The Hall–Kier alpha value is -2.13. The lowest BCUT2D eigenvalue weighted by Gasteiger charge is -2.25. The fraction of sp³-hybridized carbons (Fsp3) is 0.346. The van der Waals surface area contributed by atoms with Crippen LogP contribution in [-0.4, -0.2) is 0 Å². The van der Waals surface area contributed by atoms with Gasteiger partial charge in [0.05, 0.1) is 9.79 Å². The van der Waals surface area contributed by atoms with E-state index >= 15 is 0 Å². The first-order chi connectivity index (χ1) is 15.5. The number of fused-ring (bicyclic) bond motifs is 2. The fourth-order valence-electron chi connectivity index (χ4n) is 3.77. The topological polar surface area (TPSA) is 105 Å². The molecular weight excluding hydrogens is 474 g/mol. The number of aryl methyl sites for hydroxylation is 1. The maximum Gasteiger partial charge on any atom is 0.212 e. The Morgan fingerprint density at radius 2 is 1.24 bits per heavy atom. The minimum Gasteiger partial charge on any atom is -0.455 e. The molecule has 1 aliphatic rings. The first-order valence-electron chi connectivity index (χ1n) is 10.8. The molecular formula is C26H30ClNO5S. The molecule has 0 unspecified atom stereocenters. The van der Waals surface area contributed by atoms with E-state index in [2.05, 4.69) is 95.5 Å². The Morgan fingerprint density at radius 3 is 1.76 bits per heavy atom. The summed E-state index contributed by atoms with van der Waals surface area (Å²) in [5, 5.41) is 0. The fourth-order valence-corrected chi connectivity index (χ4v) is 4.75. The molecule has 8 heteroatoms. The molecule has 0 bridgehead atoms.